The first-order valence-electron chi connectivity index (χ1n) is 5.43. The van der Waals surface area contributed by atoms with E-state index in [1.807, 2.05) is 0 Å². The second kappa shape index (κ2) is 5.79. The Morgan fingerprint density at radius 1 is 1.25 bits per heavy atom. The van der Waals surface area contributed by atoms with Gasteiger partial charge in [0.1, 0.15) is 10.4 Å². The number of carboxylic acid groups (broad SMARTS) is 1. The normalized spacial score (nSPS) is 10.1. The molecule has 102 valence electrons. The van der Waals surface area contributed by atoms with E-state index in [2.05, 4.69) is 26.2 Å². The van der Waals surface area contributed by atoms with Gasteiger partial charge in [0.15, 0.2) is 0 Å². The molecule has 0 fully saturated rings. The Hall–Kier alpha value is -2.28. The second-order valence-electron chi connectivity index (χ2n) is 3.82. The molecule has 20 heavy (non-hydrogen) atoms. The number of nitrogens with zero attached hydrogens (tertiary/aromatic N) is 1. The average Bonchev–Trinajstić information content (AvgIpc) is 2.41. The summed E-state index contributed by atoms with van der Waals surface area (Å²) in [7, 11) is 0. The predicted molar refractivity (Wildman–Crippen MR) is 73.2 cm³/mol. The fourth-order valence-corrected chi connectivity index (χ4v) is 1.71. The molecule has 7 heteroatoms. The maximum atomic E-state index is 13.2. The molecule has 2 N–H and O–H groups in total. The molecule has 0 atom stereocenters. The number of amides is 1. The van der Waals surface area contributed by atoms with Crippen molar-refractivity contribution in [2.45, 2.75) is 0 Å². The van der Waals surface area contributed by atoms with Crippen molar-refractivity contribution in [3.63, 3.8) is 0 Å². The zero-order valence-electron chi connectivity index (χ0n) is 9.93. The summed E-state index contributed by atoms with van der Waals surface area (Å²) in [6.07, 6.45) is 1.36. The summed E-state index contributed by atoms with van der Waals surface area (Å²) >= 11 is 3.15. The fraction of sp³-hybridized carbons (Fsp3) is 0. The number of carboxylic acids is 1. The van der Waals surface area contributed by atoms with Crippen molar-refractivity contribution >= 4 is 33.5 Å². The lowest BCUT2D eigenvalue weighted by atomic mass is 10.2. The van der Waals surface area contributed by atoms with Crippen molar-refractivity contribution < 1.29 is 19.1 Å². The van der Waals surface area contributed by atoms with E-state index < -0.39 is 23.3 Å². The number of aromatic carboxylic acids is 1. The summed E-state index contributed by atoms with van der Waals surface area (Å²) in [5.74, 6) is -2.72. The van der Waals surface area contributed by atoms with Gasteiger partial charge in [0.05, 0.1) is 11.1 Å². The first-order chi connectivity index (χ1) is 9.47. The van der Waals surface area contributed by atoms with Crippen LogP contribution in [0.1, 0.15) is 20.7 Å². The molecule has 0 spiro atoms. The summed E-state index contributed by atoms with van der Waals surface area (Å²) in [6.45, 7) is 0. The Balaban J connectivity index is 2.21. The minimum absolute atomic E-state index is 0.191. The van der Waals surface area contributed by atoms with Crippen molar-refractivity contribution in [2.75, 3.05) is 5.32 Å². The van der Waals surface area contributed by atoms with E-state index in [9.17, 15) is 14.0 Å². The molecule has 1 aromatic heterocycles. The minimum atomic E-state index is -1.40. The van der Waals surface area contributed by atoms with Gasteiger partial charge in [-0.05, 0) is 46.3 Å². The number of hydrogen-bond acceptors (Lipinski definition) is 3. The summed E-state index contributed by atoms with van der Waals surface area (Å²) in [4.78, 5) is 26.6. The van der Waals surface area contributed by atoms with E-state index in [1.54, 1.807) is 12.1 Å². The van der Waals surface area contributed by atoms with Crippen molar-refractivity contribution in [2.24, 2.45) is 0 Å². The zero-order chi connectivity index (χ0) is 14.7. The number of rotatable bonds is 3. The van der Waals surface area contributed by atoms with Crippen LogP contribution in [0, 0.1) is 5.82 Å². The van der Waals surface area contributed by atoms with Crippen LogP contribution in [0.15, 0.2) is 41.1 Å². The highest BCUT2D eigenvalue weighted by atomic mass is 79.9. The molecule has 0 saturated heterocycles. The minimum Gasteiger partial charge on any atom is -0.478 e. The molecule has 0 aliphatic heterocycles. The van der Waals surface area contributed by atoms with Crippen LogP contribution < -0.4 is 5.32 Å². The maximum Gasteiger partial charge on any atom is 0.338 e. The van der Waals surface area contributed by atoms with Crippen molar-refractivity contribution in [1.29, 1.82) is 0 Å². The number of carbonyl (C=O) groups is 2. The monoisotopic (exact) mass is 338 g/mol. The van der Waals surface area contributed by atoms with Gasteiger partial charge in [-0.25, -0.2) is 14.2 Å². The number of nitrogens with one attached hydrogen (secondary N) is 1. The molecule has 0 radical (unpaired) electrons. The van der Waals surface area contributed by atoms with Gasteiger partial charge in [0.2, 0.25) is 0 Å². The van der Waals surface area contributed by atoms with Crippen LogP contribution in [-0.4, -0.2) is 22.0 Å². The average molecular weight is 339 g/mol. The largest absolute Gasteiger partial charge is 0.478 e. The number of benzene rings is 1. The van der Waals surface area contributed by atoms with E-state index >= 15 is 0 Å². The van der Waals surface area contributed by atoms with Gasteiger partial charge >= 0.3 is 5.97 Å². The van der Waals surface area contributed by atoms with Gasteiger partial charge in [0, 0.05) is 11.9 Å². The van der Waals surface area contributed by atoms with E-state index in [-0.39, 0.29) is 5.69 Å². The van der Waals surface area contributed by atoms with Gasteiger partial charge in [0.25, 0.3) is 5.91 Å². The third kappa shape index (κ3) is 3.18. The number of anilines is 1. The quantitative estimate of drug-likeness (QED) is 0.843. The third-order valence-corrected chi connectivity index (χ3v) is 2.91. The Morgan fingerprint density at radius 3 is 2.60 bits per heavy atom. The molecule has 2 rings (SSSR count). The summed E-state index contributed by atoms with van der Waals surface area (Å²) in [5.41, 5.74) is -0.0113. The number of halogens is 2. The molecule has 1 heterocycles. The lowest BCUT2D eigenvalue weighted by molar-refractivity contribution is 0.0691. The number of aromatic nitrogens is 1. The van der Waals surface area contributed by atoms with Gasteiger partial charge in [-0.1, -0.05) is 0 Å². The van der Waals surface area contributed by atoms with E-state index in [0.29, 0.717) is 10.2 Å². The summed E-state index contributed by atoms with van der Waals surface area (Å²) in [6, 6.07) is 6.48. The van der Waals surface area contributed by atoms with Crippen LogP contribution in [0.3, 0.4) is 0 Å². The second-order valence-corrected chi connectivity index (χ2v) is 4.64. The highest BCUT2D eigenvalue weighted by Crippen LogP contribution is 2.16. The predicted octanol–water partition coefficient (Wildman–Crippen LogP) is 2.93. The fourth-order valence-electron chi connectivity index (χ4n) is 1.48. The molecular weight excluding hydrogens is 331 g/mol. The zero-order valence-corrected chi connectivity index (χ0v) is 11.5. The summed E-state index contributed by atoms with van der Waals surface area (Å²) < 4.78 is 13.8. The Labute approximate surface area is 121 Å². The Morgan fingerprint density at radius 2 is 2.00 bits per heavy atom. The molecule has 1 amide bonds. The molecule has 5 nitrogen and oxygen atoms in total. The first kappa shape index (κ1) is 14.1. The van der Waals surface area contributed by atoms with Crippen molar-refractivity contribution in [3.05, 3.63) is 58.1 Å². The lowest BCUT2D eigenvalue weighted by Crippen LogP contribution is -2.13. The van der Waals surface area contributed by atoms with Crippen LogP contribution in [-0.2, 0) is 0 Å². The number of pyridine rings is 1. The molecule has 2 aromatic rings. The third-order valence-electron chi connectivity index (χ3n) is 2.44. The number of carbonyl (C=O) groups excluding carboxylic acids is 1. The van der Waals surface area contributed by atoms with Crippen LogP contribution in [0.4, 0.5) is 10.1 Å². The Bertz CT molecular complexity index is 674. The molecule has 0 bridgehead atoms. The van der Waals surface area contributed by atoms with Gasteiger partial charge in [-0.15, -0.1) is 0 Å². The van der Waals surface area contributed by atoms with E-state index in [1.165, 1.54) is 12.3 Å². The van der Waals surface area contributed by atoms with E-state index in [0.717, 1.165) is 12.1 Å². The first-order valence-corrected chi connectivity index (χ1v) is 6.22. The van der Waals surface area contributed by atoms with Crippen LogP contribution >= 0.6 is 15.9 Å². The highest BCUT2D eigenvalue weighted by Gasteiger charge is 2.13. The van der Waals surface area contributed by atoms with Crippen LogP contribution in [0.2, 0.25) is 0 Å². The maximum absolute atomic E-state index is 13.2. The Kier molecular flexibility index (Phi) is 4.09. The van der Waals surface area contributed by atoms with Crippen LogP contribution in [0.25, 0.3) is 0 Å². The molecule has 0 saturated carbocycles. The lowest BCUT2D eigenvalue weighted by Gasteiger charge is -2.06. The molecule has 1 aromatic carbocycles. The SMILES string of the molecule is O=C(Nc1ccc(F)c(C(=O)O)c1)c1ccc(Br)nc1. The summed E-state index contributed by atoms with van der Waals surface area (Å²) in [5, 5.41) is 11.3. The highest BCUT2D eigenvalue weighted by molar-refractivity contribution is 9.10. The molecule has 0 unspecified atom stereocenters. The topological polar surface area (TPSA) is 79.3 Å². The van der Waals surface area contributed by atoms with Crippen molar-refractivity contribution in [3.8, 4) is 0 Å². The van der Waals surface area contributed by atoms with Crippen LogP contribution in [0.5, 0.6) is 0 Å². The molecule has 0 aliphatic rings. The number of hydrogen-bond donors (Lipinski definition) is 2. The van der Waals surface area contributed by atoms with Gasteiger partial charge < -0.3 is 10.4 Å². The van der Waals surface area contributed by atoms with Gasteiger partial charge in [-0.2, -0.15) is 0 Å². The standard InChI is InChI=1S/C13H8BrFN2O3/c14-11-4-1-7(6-16-11)12(18)17-8-2-3-10(15)9(5-8)13(19)20/h1-6H,(H,17,18)(H,19,20). The van der Waals surface area contributed by atoms with E-state index in [4.69, 9.17) is 5.11 Å². The van der Waals surface area contributed by atoms with Gasteiger partial charge in [-0.3, -0.25) is 4.79 Å². The van der Waals surface area contributed by atoms with Crippen molar-refractivity contribution in [1.82, 2.24) is 4.98 Å². The smallest absolute Gasteiger partial charge is 0.338 e. The molecule has 0 aliphatic carbocycles. The molecular formula is C13H8BrFN2O3.